The van der Waals surface area contributed by atoms with Crippen LogP contribution in [-0.4, -0.2) is 50.2 Å². The van der Waals surface area contributed by atoms with Crippen LogP contribution < -0.4 is 0 Å². The van der Waals surface area contributed by atoms with Crippen LogP contribution in [0.1, 0.15) is 24.2 Å². The zero-order valence-electron chi connectivity index (χ0n) is 15.3. The fourth-order valence-electron chi connectivity index (χ4n) is 3.71. The molecule has 1 aliphatic rings. The lowest BCUT2D eigenvalue weighted by Crippen LogP contribution is -2.50. The van der Waals surface area contributed by atoms with Crippen molar-refractivity contribution in [3.63, 3.8) is 0 Å². The molecule has 0 spiro atoms. The number of hydrogen-bond acceptors (Lipinski definition) is 5. The molecule has 0 saturated carbocycles. The van der Waals surface area contributed by atoms with E-state index >= 15 is 0 Å². The number of hydrogen-bond donors (Lipinski definition) is 4. The van der Waals surface area contributed by atoms with E-state index in [4.69, 9.17) is 4.74 Å². The lowest BCUT2D eigenvalue weighted by molar-refractivity contribution is -0.206. The fourth-order valence-corrected chi connectivity index (χ4v) is 3.71. The number of ether oxygens (including phenoxy) is 1. The van der Waals surface area contributed by atoms with Gasteiger partial charge >= 0.3 is 0 Å². The van der Waals surface area contributed by atoms with Gasteiger partial charge in [-0.05, 0) is 36.2 Å². The number of aromatic nitrogens is 2. The van der Waals surface area contributed by atoms with E-state index in [-0.39, 0.29) is 12.5 Å². The first-order valence-electron chi connectivity index (χ1n) is 9.17. The number of imidazole rings is 1. The number of aryl methyl sites for hydroxylation is 1. The number of fused-ring (bicyclic) bond motifs is 1. The lowest BCUT2D eigenvalue weighted by atomic mass is 9.85. The first-order chi connectivity index (χ1) is 13.0. The van der Waals surface area contributed by atoms with Crippen molar-refractivity contribution >= 4 is 11.0 Å². The topological polar surface area (TPSA) is 98.6 Å². The molecule has 0 amide bonds. The van der Waals surface area contributed by atoms with Gasteiger partial charge in [0.05, 0.1) is 29.8 Å². The number of nitrogens with one attached hydrogen (secondary N) is 1. The fraction of sp³-hybridized carbons (Fsp3) is 0.381. The summed E-state index contributed by atoms with van der Waals surface area (Å²) < 4.78 is 5.89. The van der Waals surface area contributed by atoms with Crippen molar-refractivity contribution in [2.45, 2.75) is 38.3 Å². The van der Waals surface area contributed by atoms with E-state index < -0.39 is 24.4 Å². The molecule has 0 radical (unpaired) electrons. The van der Waals surface area contributed by atoms with Gasteiger partial charge in [-0.1, -0.05) is 31.2 Å². The molecule has 1 aromatic heterocycles. The number of aliphatic hydroxyl groups is 3. The van der Waals surface area contributed by atoms with Gasteiger partial charge in [-0.25, -0.2) is 4.98 Å². The van der Waals surface area contributed by atoms with Gasteiger partial charge in [0.1, 0.15) is 18.0 Å². The summed E-state index contributed by atoms with van der Waals surface area (Å²) >= 11 is 0. The van der Waals surface area contributed by atoms with Crippen molar-refractivity contribution in [3.05, 3.63) is 53.6 Å². The Kier molecular flexibility index (Phi) is 4.74. The molecule has 1 aliphatic heterocycles. The molecule has 1 fully saturated rings. The number of aliphatic hydroxyl groups excluding tert-OH is 3. The summed E-state index contributed by atoms with van der Waals surface area (Å²) in [6, 6.07) is 13.6. The number of benzene rings is 2. The summed E-state index contributed by atoms with van der Waals surface area (Å²) in [4.78, 5) is 7.97. The van der Waals surface area contributed by atoms with Crippen LogP contribution in [0, 0.1) is 12.8 Å². The molecule has 6 nitrogen and oxygen atoms in total. The van der Waals surface area contributed by atoms with Crippen LogP contribution >= 0.6 is 0 Å². The molecule has 1 saturated heterocycles. The molecule has 5 unspecified atom stereocenters. The van der Waals surface area contributed by atoms with Gasteiger partial charge in [-0.2, -0.15) is 0 Å². The van der Waals surface area contributed by atoms with E-state index in [2.05, 4.69) is 9.97 Å². The van der Waals surface area contributed by atoms with Crippen LogP contribution in [0.4, 0.5) is 0 Å². The third-order valence-corrected chi connectivity index (χ3v) is 5.41. The van der Waals surface area contributed by atoms with Crippen molar-refractivity contribution in [3.8, 4) is 11.4 Å². The van der Waals surface area contributed by atoms with Crippen molar-refractivity contribution in [1.82, 2.24) is 9.97 Å². The molecule has 27 heavy (non-hydrogen) atoms. The molecule has 5 atom stereocenters. The van der Waals surface area contributed by atoms with Gasteiger partial charge in [0.25, 0.3) is 0 Å². The summed E-state index contributed by atoms with van der Waals surface area (Å²) in [5.41, 5.74) is 4.61. The van der Waals surface area contributed by atoms with Crippen LogP contribution in [-0.2, 0) is 4.74 Å². The number of nitrogens with zero attached hydrogens (tertiary/aromatic N) is 1. The largest absolute Gasteiger partial charge is 0.394 e. The summed E-state index contributed by atoms with van der Waals surface area (Å²) in [5.74, 6) is 0.387. The number of aromatic amines is 1. The molecular weight excluding hydrogens is 344 g/mol. The molecule has 4 N–H and O–H groups in total. The van der Waals surface area contributed by atoms with Crippen molar-refractivity contribution in [2.75, 3.05) is 6.61 Å². The second-order valence-corrected chi connectivity index (χ2v) is 7.35. The Balaban J connectivity index is 1.69. The van der Waals surface area contributed by atoms with E-state index in [1.807, 2.05) is 49.4 Å². The third kappa shape index (κ3) is 3.26. The SMILES string of the molecule is Cc1ccc2nc(-c3cccc(C4OC(CO)C(C)C(O)C4O)c3)[nH]c2c1. The smallest absolute Gasteiger partial charge is 0.138 e. The van der Waals surface area contributed by atoms with Gasteiger partial charge in [0.2, 0.25) is 0 Å². The Bertz CT molecular complexity index is 952. The van der Waals surface area contributed by atoms with Crippen LogP contribution in [0.3, 0.4) is 0 Å². The number of rotatable bonds is 3. The minimum absolute atomic E-state index is 0.204. The Hall–Kier alpha value is -2.25. The van der Waals surface area contributed by atoms with Crippen molar-refractivity contribution in [1.29, 1.82) is 0 Å². The standard InChI is InChI=1S/C21H24N2O4/c1-11-6-7-15-16(8-11)23-21(22-15)14-5-3-4-13(9-14)20-19(26)18(25)12(2)17(10-24)27-20/h3-9,12,17-20,24-26H,10H2,1-2H3,(H,22,23). The third-order valence-electron chi connectivity index (χ3n) is 5.41. The van der Waals surface area contributed by atoms with Crippen molar-refractivity contribution in [2.24, 2.45) is 5.92 Å². The van der Waals surface area contributed by atoms with E-state index in [1.165, 1.54) is 0 Å². The van der Waals surface area contributed by atoms with E-state index in [1.54, 1.807) is 6.92 Å². The summed E-state index contributed by atoms with van der Waals surface area (Å²) in [6.07, 6.45) is -3.25. The quantitative estimate of drug-likeness (QED) is 0.569. The molecular formula is C21H24N2O4. The highest BCUT2D eigenvalue weighted by Gasteiger charge is 2.42. The van der Waals surface area contributed by atoms with Crippen molar-refractivity contribution < 1.29 is 20.1 Å². The van der Waals surface area contributed by atoms with Gasteiger partial charge in [0.15, 0.2) is 0 Å². The maximum absolute atomic E-state index is 10.5. The monoisotopic (exact) mass is 368 g/mol. The highest BCUT2D eigenvalue weighted by molar-refractivity contribution is 5.80. The first-order valence-corrected chi connectivity index (χ1v) is 9.17. The molecule has 142 valence electrons. The lowest BCUT2D eigenvalue weighted by Gasteiger charge is -2.41. The molecule has 3 aromatic rings. The Labute approximate surface area is 157 Å². The Morgan fingerprint density at radius 3 is 2.70 bits per heavy atom. The second-order valence-electron chi connectivity index (χ2n) is 7.35. The van der Waals surface area contributed by atoms with Gasteiger partial charge in [-0.3, -0.25) is 0 Å². The van der Waals surface area contributed by atoms with E-state index in [0.29, 0.717) is 0 Å². The van der Waals surface area contributed by atoms with E-state index in [9.17, 15) is 15.3 Å². The molecule has 0 bridgehead atoms. The second kappa shape index (κ2) is 7.05. The first kappa shape index (κ1) is 18.1. The maximum atomic E-state index is 10.5. The van der Waals surface area contributed by atoms with E-state index in [0.717, 1.165) is 33.5 Å². The minimum Gasteiger partial charge on any atom is -0.394 e. The predicted molar refractivity (Wildman–Crippen MR) is 102 cm³/mol. The normalized spacial score (nSPS) is 28.6. The average Bonchev–Trinajstić information content (AvgIpc) is 3.10. The summed E-state index contributed by atoms with van der Waals surface area (Å²) in [6.45, 7) is 3.59. The van der Waals surface area contributed by atoms with Crippen LogP contribution in [0.15, 0.2) is 42.5 Å². The highest BCUT2D eigenvalue weighted by atomic mass is 16.5. The summed E-state index contributed by atoms with van der Waals surface area (Å²) in [5, 5.41) is 30.4. The molecule has 4 rings (SSSR count). The Morgan fingerprint density at radius 1 is 1.11 bits per heavy atom. The van der Waals surface area contributed by atoms with Gasteiger partial charge in [-0.15, -0.1) is 0 Å². The molecule has 2 heterocycles. The zero-order chi connectivity index (χ0) is 19.1. The molecule has 0 aliphatic carbocycles. The van der Waals surface area contributed by atoms with Crippen LogP contribution in [0.2, 0.25) is 0 Å². The minimum atomic E-state index is -1.06. The van der Waals surface area contributed by atoms with Crippen LogP contribution in [0.5, 0.6) is 0 Å². The molecule has 2 aromatic carbocycles. The summed E-state index contributed by atoms with van der Waals surface area (Å²) in [7, 11) is 0. The number of H-pyrrole nitrogens is 1. The maximum Gasteiger partial charge on any atom is 0.138 e. The zero-order valence-corrected chi connectivity index (χ0v) is 15.3. The highest BCUT2D eigenvalue weighted by Crippen LogP contribution is 2.36. The van der Waals surface area contributed by atoms with Crippen LogP contribution in [0.25, 0.3) is 22.4 Å². The average molecular weight is 368 g/mol. The van der Waals surface area contributed by atoms with Gasteiger partial charge in [0, 0.05) is 11.5 Å². The predicted octanol–water partition coefficient (Wildman–Crippen LogP) is 2.33. The Morgan fingerprint density at radius 2 is 1.93 bits per heavy atom. The molecule has 6 heteroatoms. The van der Waals surface area contributed by atoms with Gasteiger partial charge < -0.3 is 25.0 Å².